The number of fused-ring (bicyclic) bond motifs is 1. The van der Waals surface area contributed by atoms with E-state index in [1.807, 2.05) is 68.4 Å². The Morgan fingerprint density at radius 2 is 1.44 bits per heavy atom. The molecule has 5 heteroatoms. The van der Waals surface area contributed by atoms with Crippen LogP contribution in [0.2, 0.25) is 0 Å². The Labute approximate surface area is 202 Å². The van der Waals surface area contributed by atoms with Crippen molar-refractivity contribution in [2.24, 2.45) is 5.92 Å². The van der Waals surface area contributed by atoms with E-state index in [9.17, 15) is 0 Å². The van der Waals surface area contributed by atoms with E-state index >= 15 is 0 Å². The number of hydrogen-bond donors (Lipinski definition) is 0. The molecule has 1 aromatic heterocycles. The minimum absolute atomic E-state index is 0.00286. The van der Waals surface area contributed by atoms with Gasteiger partial charge in [0.2, 0.25) is 11.8 Å². The zero-order chi connectivity index (χ0) is 23.5. The van der Waals surface area contributed by atoms with Crippen molar-refractivity contribution < 1.29 is 18.9 Å². The summed E-state index contributed by atoms with van der Waals surface area (Å²) in [6.07, 6.45) is 2.15. The summed E-state index contributed by atoms with van der Waals surface area (Å²) in [4.78, 5) is 4.81. The first-order valence-electron chi connectivity index (χ1n) is 12.2. The molecular weight excluding hydrogens is 426 g/mol. The average Bonchev–Trinajstić information content (AvgIpc) is 3.35. The predicted octanol–water partition coefficient (Wildman–Crippen LogP) is 6.27. The molecule has 178 valence electrons. The van der Waals surface area contributed by atoms with Crippen molar-refractivity contribution in [2.75, 3.05) is 0 Å². The van der Waals surface area contributed by atoms with Crippen LogP contribution in [0, 0.1) is 5.92 Å². The van der Waals surface area contributed by atoms with Crippen LogP contribution in [0.5, 0.6) is 11.8 Å². The summed E-state index contributed by atoms with van der Waals surface area (Å²) < 4.78 is 25.0. The van der Waals surface area contributed by atoms with Gasteiger partial charge in [0, 0.05) is 17.5 Å². The molecule has 1 saturated heterocycles. The maximum absolute atomic E-state index is 6.39. The molecular formula is C29H33NO4. The lowest BCUT2D eigenvalue weighted by molar-refractivity contribution is -0.158. The highest BCUT2D eigenvalue weighted by atomic mass is 16.8. The van der Waals surface area contributed by atoms with Gasteiger partial charge in [0.25, 0.3) is 0 Å². The van der Waals surface area contributed by atoms with E-state index < -0.39 is 5.79 Å². The van der Waals surface area contributed by atoms with Gasteiger partial charge in [0.05, 0.1) is 12.2 Å². The van der Waals surface area contributed by atoms with E-state index in [0.717, 1.165) is 29.5 Å². The van der Waals surface area contributed by atoms with Crippen LogP contribution in [-0.2, 0) is 22.7 Å². The maximum Gasteiger partial charge on any atom is 0.220 e. The molecule has 0 amide bonds. The highest BCUT2D eigenvalue weighted by Crippen LogP contribution is 2.51. The van der Waals surface area contributed by atoms with Crippen LogP contribution >= 0.6 is 0 Å². The Morgan fingerprint density at radius 1 is 0.824 bits per heavy atom. The van der Waals surface area contributed by atoms with Gasteiger partial charge in [-0.1, -0.05) is 74.0 Å². The Morgan fingerprint density at radius 3 is 2.09 bits per heavy atom. The number of rotatable bonds is 8. The van der Waals surface area contributed by atoms with E-state index in [4.69, 9.17) is 23.9 Å². The molecule has 5 nitrogen and oxygen atoms in total. The summed E-state index contributed by atoms with van der Waals surface area (Å²) >= 11 is 0. The second kappa shape index (κ2) is 9.77. The summed E-state index contributed by atoms with van der Waals surface area (Å²) in [5.74, 6) is 1.22. The van der Waals surface area contributed by atoms with Crippen LogP contribution < -0.4 is 9.47 Å². The average molecular weight is 460 g/mol. The monoisotopic (exact) mass is 459 g/mol. The molecule has 3 aromatic rings. The van der Waals surface area contributed by atoms with Crippen molar-refractivity contribution in [3.8, 4) is 11.8 Å². The van der Waals surface area contributed by atoms with Gasteiger partial charge in [-0.3, -0.25) is 0 Å². The molecule has 1 saturated carbocycles. The molecule has 4 atom stereocenters. The number of nitrogens with zero attached hydrogens (tertiary/aromatic N) is 1. The van der Waals surface area contributed by atoms with Gasteiger partial charge < -0.3 is 18.9 Å². The molecule has 0 unspecified atom stereocenters. The number of benzene rings is 2. The summed E-state index contributed by atoms with van der Waals surface area (Å²) in [6.45, 7) is 7.14. The fourth-order valence-corrected chi connectivity index (χ4v) is 5.16. The Kier molecular flexibility index (Phi) is 6.57. The SMILES string of the molecule is CC[C@H]1C[C@@H](c2ccc(OCc3ccccc3)nc2OCc2ccccc2)[C@@H]2OC(C)(C)O[C@H]12. The number of hydrogen-bond acceptors (Lipinski definition) is 5. The number of pyridine rings is 1. The molecule has 0 spiro atoms. The number of aromatic nitrogens is 1. The van der Waals surface area contributed by atoms with Gasteiger partial charge >= 0.3 is 0 Å². The van der Waals surface area contributed by atoms with Crippen molar-refractivity contribution in [3.63, 3.8) is 0 Å². The molecule has 0 bridgehead atoms. The Bertz CT molecular complexity index is 1090. The van der Waals surface area contributed by atoms with Gasteiger partial charge in [-0.15, -0.1) is 0 Å². The summed E-state index contributed by atoms with van der Waals surface area (Å²) in [6, 6.07) is 24.3. The van der Waals surface area contributed by atoms with Crippen molar-refractivity contribution in [1.82, 2.24) is 4.98 Å². The van der Waals surface area contributed by atoms with Crippen LogP contribution in [0.3, 0.4) is 0 Å². The van der Waals surface area contributed by atoms with Gasteiger partial charge in [0.1, 0.15) is 13.2 Å². The molecule has 2 aromatic carbocycles. The van der Waals surface area contributed by atoms with E-state index in [2.05, 4.69) is 25.1 Å². The molecule has 2 heterocycles. The fraction of sp³-hybridized carbons (Fsp3) is 0.414. The fourth-order valence-electron chi connectivity index (χ4n) is 5.16. The third kappa shape index (κ3) is 4.96. The zero-order valence-corrected chi connectivity index (χ0v) is 20.1. The minimum Gasteiger partial charge on any atom is -0.473 e. The van der Waals surface area contributed by atoms with Crippen LogP contribution in [0.25, 0.3) is 0 Å². The zero-order valence-electron chi connectivity index (χ0n) is 20.1. The van der Waals surface area contributed by atoms with E-state index in [1.165, 1.54) is 0 Å². The summed E-state index contributed by atoms with van der Waals surface area (Å²) in [5.41, 5.74) is 3.27. The normalized spacial score (nSPS) is 25.1. The molecule has 1 aliphatic carbocycles. The van der Waals surface area contributed by atoms with Crippen molar-refractivity contribution in [3.05, 3.63) is 89.5 Å². The molecule has 2 fully saturated rings. The van der Waals surface area contributed by atoms with Gasteiger partial charge in [0.15, 0.2) is 5.79 Å². The smallest absolute Gasteiger partial charge is 0.220 e. The van der Waals surface area contributed by atoms with Gasteiger partial charge in [-0.2, -0.15) is 4.98 Å². The first-order valence-corrected chi connectivity index (χ1v) is 12.2. The molecule has 2 aliphatic rings. The Balaban J connectivity index is 1.42. The Hall–Kier alpha value is -2.89. The minimum atomic E-state index is -0.571. The van der Waals surface area contributed by atoms with Crippen molar-refractivity contribution >= 4 is 0 Å². The lowest BCUT2D eigenvalue weighted by Gasteiger charge is -2.24. The maximum atomic E-state index is 6.39. The van der Waals surface area contributed by atoms with E-state index in [1.54, 1.807) is 0 Å². The van der Waals surface area contributed by atoms with Gasteiger partial charge in [-0.25, -0.2) is 0 Å². The van der Waals surface area contributed by atoms with Crippen LogP contribution in [0.15, 0.2) is 72.8 Å². The lowest BCUT2D eigenvalue weighted by atomic mass is 9.95. The van der Waals surface area contributed by atoms with Crippen LogP contribution in [0.1, 0.15) is 56.2 Å². The third-order valence-electron chi connectivity index (χ3n) is 6.82. The number of ether oxygens (including phenoxy) is 4. The third-order valence-corrected chi connectivity index (χ3v) is 6.82. The van der Waals surface area contributed by atoms with Crippen molar-refractivity contribution in [2.45, 2.75) is 70.7 Å². The molecule has 0 radical (unpaired) electrons. The molecule has 34 heavy (non-hydrogen) atoms. The van der Waals surface area contributed by atoms with E-state index in [-0.39, 0.29) is 18.1 Å². The highest BCUT2D eigenvalue weighted by Gasteiger charge is 2.54. The molecule has 1 aliphatic heterocycles. The molecule has 0 N–H and O–H groups in total. The topological polar surface area (TPSA) is 49.8 Å². The van der Waals surface area contributed by atoms with Crippen LogP contribution in [-0.4, -0.2) is 23.0 Å². The lowest BCUT2D eigenvalue weighted by Crippen LogP contribution is -2.25. The van der Waals surface area contributed by atoms with Gasteiger partial charge in [-0.05, 0) is 43.4 Å². The first-order chi connectivity index (χ1) is 16.5. The van der Waals surface area contributed by atoms with Crippen LogP contribution in [0.4, 0.5) is 0 Å². The quantitative estimate of drug-likeness (QED) is 0.397. The standard InChI is InChI=1S/C29H33NO4/c1-4-22-17-24(27-26(22)33-29(2,3)34-27)23-15-16-25(31-18-20-11-7-5-8-12-20)30-28(23)32-19-21-13-9-6-10-14-21/h5-16,22,24,26-27H,4,17-19H2,1-3H3/t22-,24-,26+,27-/m0/s1. The highest BCUT2D eigenvalue weighted by molar-refractivity contribution is 5.37. The first kappa shape index (κ1) is 22.9. The summed E-state index contributed by atoms with van der Waals surface area (Å²) in [5, 5.41) is 0. The largest absolute Gasteiger partial charge is 0.473 e. The van der Waals surface area contributed by atoms with Crippen molar-refractivity contribution in [1.29, 1.82) is 0 Å². The van der Waals surface area contributed by atoms with E-state index in [0.29, 0.717) is 30.9 Å². The molecule has 5 rings (SSSR count). The second-order valence-corrected chi connectivity index (χ2v) is 9.67. The second-order valence-electron chi connectivity index (χ2n) is 9.67. The predicted molar refractivity (Wildman–Crippen MR) is 131 cm³/mol. The summed E-state index contributed by atoms with van der Waals surface area (Å²) in [7, 11) is 0.